The minimum absolute atomic E-state index is 0.380. The fourth-order valence-corrected chi connectivity index (χ4v) is 1.64. The summed E-state index contributed by atoms with van der Waals surface area (Å²) in [4.78, 5) is 2.12. The maximum absolute atomic E-state index is 10.1. The number of aliphatic hydroxyl groups excluding tert-OH is 1. The second kappa shape index (κ2) is 5.29. The summed E-state index contributed by atoms with van der Waals surface area (Å²) in [6, 6.07) is 6.22. The monoisotopic (exact) mass is 207 g/mol. The number of hydrogen-bond acceptors (Lipinski definition) is 2. The molecule has 0 bridgehead atoms. The first kappa shape index (κ1) is 12.2. The van der Waals surface area contributed by atoms with Gasteiger partial charge in [0.2, 0.25) is 0 Å². The van der Waals surface area contributed by atoms with Gasteiger partial charge in [0.25, 0.3) is 0 Å². The van der Waals surface area contributed by atoms with Crippen LogP contribution in [0.4, 0.5) is 0 Å². The summed E-state index contributed by atoms with van der Waals surface area (Å²) < 4.78 is 0. The Bertz CT molecular complexity index is 322. The lowest BCUT2D eigenvalue weighted by Crippen LogP contribution is -2.24. The van der Waals surface area contributed by atoms with Crippen LogP contribution < -0.4 is 0 Å². The fraction of sp³-hybridized carbons (Fsp3) is 0.538. The lowest BCUT2D eigenvalue weighted by Gasteiger charge is -2.20. The highest BCUT2D eigenvalue weighted by atomic mass is 16.3. The molecule has 0 spiro atoms. The van der Waals surface area contributed by atoms with Crippen molar-refractivity contribution >= 4 is 0 Å². The predicted molar refractivity (Wildman–Crippen MR) is 64.0 cm³/mol. The largest absolute Gasteiger partial charge is 0.387 e. The summed E-state index contributed by atoms with van der Waals surface area (Å²) in [6.45, 7) is 7.85. The van der Waals surface area contributed by atoms with Gasteiger partial charge >= 0.3 is 0 Å². The van der Waals surface area contributed by atoms with Gasteiger partial charge < -0.3 is 10.0 Å². The average molecular weight is 207 g/mol. The summed E-state index contributed by atoms with van der Waals surface area (Å²) in [5.74, 6) is 0. The van der Waals surface area contributed by atoms with Gasteiger partial charge in [-0.05, 0) is 38.6 Å². The Kier molecular flexibility index (Phi) is 4.30. The van der Waals surface area contributed by atoms with Crippen molar-refractivity contribution in [2.75, 3.05) is 20.1 Å². The van der Waals surface area contributed by atoms with Gasteiger partial charge in [0.1, 0.15) is 0 Å². The first-order chi connectivity index (χ1) is 7.04. The van der Waals surface area contributed by atoms with E-state index in [0.29, 0.717) is 6.54 Å². The zero-order valence-corrected chi connectivity index (χ0v) is 10.1. The highest BCUT2D eigenvalue weighted by Gasteiger charge is 2.12. The van der Waals surface area contributed by atoms with Gasteiger partial charge in [-0.25, -0.2) is 0 Å². The molecule has 0 fully saturated rings. The molecule has 0 aliphatic carbocycles. The Hall–Kier alpha value is -0.860. The molecular weight excluding hydrogens is 186 g/mol. The second-order valence-corrected chi connectivity index (χ2v) is 4.23. The topological polar surface area (TPSA) is 23.5 Å². The van der Waals surface area contributed by atoms with Crippen molar-refractivity contribution in [3.05, 3.63) is 34.9 Å². The number of nitrogens with zero attached hydrogens (tertiary/aromatic N) is 1. The fourth-order valence-electron chi connectivity index (χ4n) is 1.64. The van der Waals surface area contributed by atoms with Gasteiger partial charge in [-0.3, -0.25) is 0 Å². The second-order valence-electron chi connectivity index (χ2n) is 4.23. The van der Waals surface area contributed by atoms with Crippen LogP contribution in [0.15, 0.2) is 18.2 Å². The van der Waals surface area contributed by atoms with Gasteiger partial charge in [-0.1, -0.05) is 30.7 Å². The Morgan fingerprint density at radius 3 is 2.60 bits per heavy atom. The molecule has 1 aromatic carbocycles. The minimum Gasteiger partial charge on any atom is -0.387 e. The zero-order chi connectivity index (χ0) is 11.4. The third-order valence-electron chi connectivity index (χ3n) is 2.82. The van der Waals surface area contributed by atoms with Gasteiger partial charge in [-0.15, -0.1) is 0 Å². The molecule has 0 aliphatic rings. The molecule has 0 heterocycles. The van der Waals surface area contributed by atoms with Crippen molar-refractivity contribution in [1.82, 2.24) is 4.90 Å². The van der Waals surface area contributed by atoms with Crippen molar-refractivity contribution in [2.45, 2.75) is 26.9 Å². The normalized spacial score (nSPS) is 13.2. The molecule has 0 saturated carbocycles. The van der Waals surface area contributed by atoms with E-state index in [0.717, 1.165) is 17.7 Å². The third-order valence-corrected chi connectivity index (χ3v) is 2.82. The molecule has 1 atom stereocenters. The van der Waals surface area contributed by atoms with E-state index in [-0.39, 0.29) is 6.10 Å². The molecule has 1 unspecified atom stereocenters. The smallest absolute Gasteiger partial charge is 0.0919 e. The lowest BCUT2D eigenvalue weighted by molar-refractivity contribution is 0.129. The van der Waals surface area contributed by atoms with E-state index in [4.69, 9.17) is 0 Å². The molecule has 1 N–H and O–H groups in total. The maximum Gasteiger partial charge on any atom is 0.0919 e. The number of aryl methyl sites for hydroxylation is 2. The summed E-state index contributed by atoms with van der Waals surface area (Å²) in [5, 5.41) is 10.1. The first-order valence-electron chi connectivity index (χ1n) is 5.48. The van der Waals surface area contributed by atoms with E-state index in [2.05, 4.69) is 36.9 Å². The van der Waals surface area contributed by atoms with Gasteiger partial charge in [0, 0.05) is 6.54 Å². The van der Waals surface area contributed by atoms with Crippen LogP contribution in [0.1, 0.15) is 29.7 Å². The van der Waals surface area contributed by atoms with Crippen molar-refractivity contribution in [2.24, 2.45) is 0 Å². The molecule has 2 nitrogen and oxygen atoms in total. The van der Waals surface area contributed by atoms with E-state index < -0.39 is 0 Å². The zero-order valence-electron chi connectivity index (χ0n) is 10.1. The summed E-state index contributed by atoms with van der Waals surface area (Å²) in [5.41, 5.74) is 3.42. The van der Waals surface area contributed by atoms with E-state index in [9.17, 15) is 5.11 Å². The molecular formula is C13H21NO. The highest BCUT2D eigenvalue weighted by molar-refractivity contribution is 5.32. The Morgan fingerprint density at radius 1 is 1.33 bits per heavy atom. The average Bonchev–Trinajstić information content (AvgIpc) is 2.21. The van der Waals surface area contributed by atoms with Crippen LogP contribution in [0.25, 0.3) is 0 Å². The van der Waals surface area contributed by atoms with Gasteiger partial charge in [0.05, 0.1) is 6.10 Å². The van der Waals surface area contributed by atoms with Crippen molar-refractivity contribution < 1.29 is 5.11 Å². The van der Waals surface area contributed by atoms with E-state index >= 15 is 0 Å². The van der Waals surface area contributed by atoms with Crippen LogP contribution in [-0.4, -0.2) is 30.1 Å². The number of benzene rings is 1. The SMILES string of the molecule is CCN(C)CC(O)c1cc(C)ccc1C. The molecule has 1 rings (SSSR count). The van der Waals surface area contributed by atoms with Crippen molar-refractivity contribution in [1.29, 1.82) is 0 Å². The van der Waals surface area contributed by atoms with Crippen LogP contribution in [-0.2, 0) is 0 Å². The number of hydrogen-bond donors (Lipinski definition) is 1. The molecule has 1 aromatic rings. The molecule has 0 amide bonds. The Balaban J connectivity index is 2.80. The molecule has 0 saturated heterocycles. The first-order valence-corrected chi connectivity index (χ1v) is 5.48. The van der Waals surface area contributed by atoms with Crippen LogP contribution in [0.5, 0.6) is 0 Å². The van der Waals surface area contributed by atoms with E-state index in [1.807, 2.05) is 14.0 Å². The van der Waals surface area contributed by atoms with Crippen LogP contribution >= 0.6 is 0 Å². The summed E-state index contributed by atoms with van der Waals surface area (Å²) in [7, 11) is 2.02. The van der Waals surface area contributed by atoms with Crippen LogP contribution in [0.3, 0.4) is 0 Å². The summed E-state index contributed by atoms with van der Waals surface area (Å²) in [6.07, 6.45) is -0.380. The van der Waals surface area contributed by atoms with Crippen molar-refractivity contribution in [3.8, 4) is 0 Å². The third kappa shape index (κ3) is 3.33. The van der Waals surface area contributed by atoms with Crippen LogP contribution in [0.2, 0.25) is 0 Å². The minimum atomic E-state index is -0.380. The predicted octanol–water partition coefficient (Wildman–Crippen LogP) is 2.29. The van der Waals surface area contributed by atoms with Crippen molar-refractivity contribution in [3.63, 3.8) is 0 Å². The molecule has 15 heavy (non-hydrogen) atoms. The quantitative estimate of drug-likeness (QED) is 0.819. The van der Waals surface area contributed by atoms with Gasteiger partial charge in [-0.2, -0.15) is 0 Å². The molecule has 2 heteroatoms. The molecule has 0 radical (unpaired) electrons. The molecule has 84 valence electrons. The highest BCUT2D eigenvalue weighted by Crippen LogP contribution is 2.19. The molecule has 0 aliphatic heterocycles. The van der Waals surface area contributed by atoms with Gasteiger partial charge in [0.15, 0.2) is 0 Å². The standard InChI is InChI=1S/C13H21NO/c1-5-14(4)9-13(15)12-8-10(2)6-7-11(12)3/h6-8,13,15H,5,9H2,1-4H3. The number of likely N-dealkylation sites (N-methyl/N-ethyl adjacent to an activating group) is 1. The maximum atomic E-state index is 10.1. The number of rotatable bonds is 4. The summed E-state index contributed by atoms with van der Waals surface area (Å²) >= 11 is 0. The van der Waals surface area contributed by atoms with E-state index in [1.165, 1.54) is 5.56 Å². The van der Waals surface area contributed by atoms with Crippen LogP contribution in [0, 0.1) is 13.8 Å². The Labute approximate surface area is 92.5 Å². The lowest BCUT2D eigenvalue weighted by atomic mass is 10.0. The number of aliphatic hydroxyl groups is 1. The Morgan fingerprint density at radius 2 is 2.00 bits per heavy atom. The van der Waals surface area contributed by atoms with E-state index in [1.54, 1.807) is 0 Å². The molecule has 0 aromatic heterocycles.